The molecule has 3 rings (SSSR count). The van der Waals surface area contributed by atoms with Crippen molar-refractivity contribution in [1.82, 2.24) is 10.2 Å². The Morgan fingerprint density at radius 2 is 2.00 bits per heavy atom. The number of nitrogens with one attached hydrogen (secondary N) is 1. The molecule has 3 heteroatoms. The number of piperidine rings is 2. The van der Waals surface area contributed by atoms with E-state index in [0.29, 0.717) is 11.8 Å². The molecule has 1 aromatic carbocycles. The van der Waals surface area contributed by atoms with Crippen LogP contribution in [0.15, 0.2) is 18.2 Å². The van der Waals surface area contributed by atoms with Gasteiger partial charge in [-0.1, -0.05) is 19.1 Å². The average molecular weight is 300 g/mol. The molecule has 2 aliphatic rings. The van der Waals surface area contributed by atoms with Crippen LogP contribution < -0.4 is 5.32 Å². The van der Waals surface area contributed by atoms with Crippen LogP contribution >= 0.6 is 0 Å². The van der Waals surface area contributed by atoms with Crippen LogP contribution in [-0.2, 0) is 0 Å². The minimum Gasteiger partial charge on any atom is -0.338 e. The lowest BCUT2D eigenvalue weighted by Crippen LogP contribution is -2.39. The first-order chi connectivity index (χ1) is 10.6. The molecule has 0 aromatic heterocycles. The summed E-state index contributed by atoms with van der Waals surface area (Å²) in [6.45, 7) is 8.37. The van der Waals surface area contributed by atoms with Crippen molar-refractivity contribution in [1.29, 1.82) is 0 Å². The van der Waals surface area contributed by atoms with E-state index in [9.17, 15) is 4.79 Å². The Morgan fingerprint density at radius 1 is 1.23 bits per heavy atom. The third-order valence-electron chi connectivity index (χ3n) is 5.24. The maximum Gasteiger partial charge on any atom is 0.254 e. The van der Waals surface area contributed by atoms with E-state index in [1.54, 1.807) is 0 Å². The minimum atomic E-state index is 0.223. The summed E-state index contributed by atoms with van der Waals surface area (Å²) in [6.07, 6.45) is 4.79. The van der Waals surface area contributed by atoms with Gasteiger partial charge in [0.2, 0.25) is 0 Å². The topological polar surface area (TPSA) is 32.3 Å². The summed E-state index contributed by atoms with van der Waals surface area (Å²) in [5.74, 6) is 1.51. The molecule has 2 saturated heterocycles. The number of benzene rings is 1. The molecule has 0 bridgehead atoms. The Bertz CT molecular complexity index is 534. The van der Waals surface area contributed by atoms with Crippen molar-refractivity contribution in [3.05, 3.63) is 34.9 Å². The first-order valence-electron chi connectivity index (χ1n) is 8.75. The zero-order chi connectivity index (χ0) is 15.5. The molecule has 2 fully saturated rings. The molecule has 22 heavy (non-hydrogen) atoms. The summed E-state index contributed by atoms with van der Waals surface area (Å²) in [6, 6.07) is 6.49. The van der Waals surface area contributed by atoms with Crippen LogP contribution in [0.25, 0.3) is 0 Å². The van der Waals surface area contributed by atoms with E-state index in [1.807, 2.05) is 4.90 Å². The van der Waals surface area contributed by atoms with Crippen molar-refractivity contribution in [2.45, 2.75) is 45.4 Å². The molecule has 0 radical (unpaired) electrons. The number of rotatable bonds is 2. The van der Waals surface area contributed by atoms with Gasteiger partial charge in [0, 0.05) is 18.7 Å². The first-order valence-corrected chi connectivity index (χ1v) is 8.75. The highest BCUT2D eigenvalue weighted by molar-refractivity contribution is 5.95. The Hall–Kier alpha value is -1.35. The van der Waals surface area contributed by atoms with Gasteiger partial charge in [0.05, 0.1) is 0 Å². The van der Waals surface area contributed by atoms with Gasteiger partial charge in [0.1, 0.15) is 0 Å². The molecular formula is C19H28N2O. The summed E-state index contributed by atoms with van der Waals surface area (Å²) < 4.78 is 0. The van der Waals surface area contributed by atoms with E-state index < -0.39 is 0 Å². The molecule has 1 aromatic rings. The summed E-state index contributed by atoms with van der Waals surface area (Å²) in [5, 5.41) is 3.42. The van der Waals surface area contributed by atoms with E-state index in [2.05, 4.69) is 37.4 Å². The van der Waals surface area contributed by atoms with E-state index >= 15 is 0 Å². The summed E-state index contributed by atoms with van der Waals surface area (Å²) in [7, 11) is 0. The molecule has 1 unspecified atom stereocenters. The van der Waals surface area contributed by atoms with Gasteiger partial charge < -0.3 is 10.2 Å². The number of amides is 1. The molecule has 2 aliphatic heterocycles. The van der Waals surface area contributed by atoms with Gasteiger partial charge >= 0.3 is 0 Å². The smallest absolute Gasteiger partial charge is 0.254 e. The predicted molar refractivity (Wildman–Crippen MR) is 90.3 cm³/mol. The number of hydrogen-bond donors (Lipinski definition) is 1. The highest BCUT2D eigenvalue weighted by Crippen LogP contribution is 2.27. The van der Waals surface area contributed by atoms with Crippen molar-refractivity contribution in [2.75, 3.05) is 26.2 Å². The molecule has 1 N–H and O–H groups in total. The average Bonchev–Trinajstić information content (AvgIpc) is 2.55. The lowest BCUT2D eigenvalue weighted by Gasteiger charge is -2.31. The van der Waals surface area contributed by atoms with Crippen LogP contribution in [0.5, 0.6) is 0 Å². The van der Waals surface area contributed by atoms with Crippen LogP contribution in [0.4, 0.5) is 0 Å². The van der Waals surface area contributed by atoms with E-state index in [1.165, 1.54) is 24.8 Å². The van der Waals surface area contributed by atoms with Crippen LogP contribution in [0.2, 0.25) is 0 Å². The SMILES string of the molecule is Cc1cc(C2CCNCC2)ccc1C(=O)N1CCCC(C)C1. The maximum atomic E-state index is 12.8. The Balaban J connectivity index is 1.75. The predicted octanol–water partition coefficient (Wildman–Crippen LogP) is 3.33. The fourth-order valence-electron chi connectivity index (χ4n) is 3.88. The summed E-state index contributed by atoms with van der Waals surface area (Å²) in [5.41, 5.74) is 3.44. The molecule has 3 nitrogen and oxygen atoms in total. The number of nitrogens with zero attached hydrogens (tertiary/aromatic N) is 1. The van der Waals surface area contributed by atoms with Crippen LogP contribution in [0.3, 0.4) is 0 Å². The van der Waals surface area contributed by atoms with Gasteiger partial charge in [-0.05, 0) is 74.7 Å². The van der Waals surface area contributed by atoms with Gasteiger partial charge in [0.15, 0.2) is 0 Å². The summed E-state index contributed by atoms with van der Waals surface area (Å²) in [4.78, 5) is 14.8. The molecule has 2 heterocycles. The Kier molecular flexibility index (Phi) is 4.82. The van der Waals surface area contributed by atoms with Gasteiger partial charge in [-0.3, -0.25) is 4.79 Å². The first kappa shape index (κ1) is 15.5. The molecule has 1 amide bonds. The van der Waals surface area contributed by atoms with E-state index in [0.717, 1.165) is 43.7 Å². The molecule has 120 valence electrons. The van der Waals surface area contributed by atoms with Gasteiger partial charge in [-0.15, -0.1) is 0 Å². The van der Waals surface area contributed by atoms with Gasteiger partial charge in [-0.25, -0.2) is 0 Å². The zero-order valence-electron chi connectivity index (χ0n) is 13.9. The van der Waals surface area contributed by atoms with Crippen molar-refractivity contribution in [3.8, 4) is 0 Å². The second-order valence-electron chi connectivity index (χ2n) is 7.10. The third kappa shape index (κ3) is 3.35. The molecule has 0 saturated carbocycles. The number of likely N-dealkylation sites (tertiary alicyclic amines) is 1. The quantitative estimate of drug-likeness (QED) is 0.908. The van der Waals surface area contributed by atoms with Crippen LogP contribution in [0, 0.1) is 12.8 Å². The molecule has 0 spiro atoms. The largest absolute Gasteiger partial charge is 0.338 e. The van der Waals surface area contributed by atoms with Crippen molar-refractivity contribution >= 4 is 5.91 Å². The number of carbonyl (C=O) groups is 1. The monoisotopic (exact) mass is 300 g/mol. The molecular weight excluding hydrogens is 272 g/mol. The highest BCUT2D eigenvalue weighted by atomic mass is 16.2. The van der Waals surface area contributed by atoms with E-state index in [-0.39, 0.29) is 5.91 Å². The van der Waals surface area contributed by atoms with Crippen molar-refractivity contribution in [3.63, 3.8) is 0 Å². The fraction of sp³-hybridized carbons (Fsp3) is 0.632. The van der Waals surface area contributed by atoms with Crippen molar-refractivity contribution in [2.24, 2.45) is 5.92 Å². The second kappa shape index (κ2) is 6.82. The third-order valence-corrected chi connectivity index (χ3v) is 5.24. The Labute approximate surface area is 134 Å². The number of hydrogen-bond acceptors (Lipinski definition) is 2. The van der Waals surface area contributed by atoms with E-state index in [4.69, 9.17) is 0 Å². The standard InChI is InChI=1S/C19H28N2O/c1-14-4-3-11-21(13-14)19(22)18-6-5-17(12-15(18)2)16-7-9-20-10-8-16/h5-6,12,14,16,20H,3-4,7-11,13H2,1-2H3. The Morgan fingerprint density at radius 3 is 2.68 bits per heavy atom. The summed E-state index contributed by atoms with van der Waals surface area (Å²) >= 11 is 0. The number of aryl methyl sites for hydroxylation is 1. The van der Waals surface area contributed by atoms with Crippen LogP contribution in [0.1, 0.15) is 60.0 Å². The maximum absolute atomic E-state index is 12.8. The van der Waals surface area contributed by atoms with Crippen molar-refractivity contribution < 1.29 is 4.79 Å². The minimum absolute atomic E-state index is 0.223. The lowest BCUT2D eigenvalue weighted by molar-refractivity contribution is 0.0682. The van der Waals surface area contributed by atoms with Gasteiger partial charge in [-0.2, -0.15) is 0 Å². The molecule has 0 aliphatic carbocycles. The van der Waals surface area contributed by atoms with Crippen LogP contribution in [-0.4, -0.2) is 37.0 Å². The zero-order valence-corrected chi connectivity index (χ0v) is 13.9. The molecule has 1 atom stereocenters. The number of carbonyl (C=O) groups excluding carboxylic acids is 1. The van der Waals surface area contributed by atoms with Gasteiger partial charge in [0.25, 0.3) is 5.91 Å². The second-order valence-corrected chi connectivity index (χ2v) is 7.10. The fourth-order valence-corrected chi connectivity index (χ4v) is 3.88. The normalized spacial score (nSPS) is 23.5. The highest BCUT2D eigenvalue weighted by Gasteiger charge is 2.24. The lowest BCUT2D eigenvalue weighted by atomic mass is 9.88.